The molecule has 0 aliphatic rings. The fraction of sp³-hybridized carbons (Fsp3) is 0.364. The molecule has 0 saturated carbocycles. The van der Waals surface area contributed by atoms with Crippen LogP contribution in [0.15, 0.2) is 18.5 Å². The molecular weight excluding hydrogens is 192 g/mol. The quantitative estimate of drug-likeness (QED) is 0.699. The largest absolute Gasteiger partial charge is 0.339 e. The molecule has 4 heteroatoms. The number of nitrogens with zero attached hydrogens (tertiary/aromatic N) is 2. The van der Waals surface area contributed by atoms with Gasteiger partial charge in [0.25, 0.3) is 5.91 Å². The number of pyridine rings is 1. The van der Waals surface area contributed by atoms with E-state index in [1.165, 1.54) is 12.4 Å². The number of aromatic nitrogens is 1. The van der Waals surface area contributed by atoms with E-state index >= 15 is 0 Å². The third-order valence-corrected chi connectivity index (χ3v) is 2.26. The van der Waals surface area contributed by atoms with Gasteiger partial charge in [-0.1, -0.05) is 0 Å². The third kappa shape index (κ3) is 2.40. The van der Waals surface area contributed by atoms with Crippen LogP contribution in [0.1, 0.15) is 34.6 Å². The Balaban J connectivity index is 3.04. The second-order valence-electron chi connectivity index (χ2n) is 3.06. The topological polar surface area (TPSA) is 50.3 Å². The minimum absolute atomic E-state index is 0.143. The van der Waals surface area contributed by atoms with Gasteiger partial charge in [-0.3, -0.25) is 14.6 Å². The third-order valence-electron chi connectivity index (χ3n) is 2.26. The summed E-state index contributed by atoms with van der Waals surface area (Å²) >= 11 is 0. The summed E-state index contributed by atoms with van der Waals surface area (Å²) in [6, 6.07) is 1.55. The molecule has 0 bridgehead atoms. The number of aldehydes is 1. The van der Waals surface area contributed by atoms with Crippen LogP contribution in [-0.4, -0.2) is 35.2 Å². The maximum Gasteiger partial charge on any atom is 0.256 e. The molecule has 1 aromatic heterocycles. The molecular formula is C11H14N2O2. The van der Waals surface area contributed by atoms with Gasteiger partial charge in [0.05, 0.1) is 5.56 Å². The summed E-state index contributed by atoms with van der Waals surface area (Å²) in [4.78, 5) is 28.2. The average molecular weight is 206 g/mol. The van der Waals surface area contributed by atoms with E-state index in [0.717, 1.165) is 0 Å². The maximum atomic E-state index is 11.9. The van der Waals surface area contributed by atoms with E-state index in [9.17, 15) is 9.59 Å². The zero-order valence-corrected chi connectivity index (χ0v) is 8.93. The van der Waals surface area contributed by atoms with Crippen molar-refractivity contribution >= 4 is 12.2 Å². The Morgan fingerprint density at radius 1 is 1.47 bits per heavy atom. The minimum Gasteiger partial charge on any atom is -0.339 e. The molecule has 4 nitrogen and oxygen atoms in total. The van der Waals surface area contributed by atoms with Gasteiger partial charge in [0, 0.05) is 31.0 Å². The molecule has 0 saturated heterocycles. The normalized spacial score (nSPS) is 9.73. The zero-order valence-electron chi connectivity index (χ0n) is 8.93. The summed E-state index contributed by atoms with van der Waals surface area (Å²) in [5, 5.41) is 0. The zero-order chi connectivity index (χ0) is 11.3. The molecule has 80 valence electrons. The van der Waals surface area contributed by atoms with Gasteiger partial charge >= 0.3 is 0 Å². The number of hydrogen-bond acceptors (Lipinski definition) is 3. The number of hydrogen-bond donors (Lipinski definition) is 0. The Morgan fingerprint density at radius 2 is 2.13 bits per heavy atom. The van der Waals surface area contributed by atoms with E-state index in [-0.39, 0.29) is 5.91 Å². The molecule has 1 aromatic rings. The van der Waals surface area contributed by atoms with Crippen molar-refractivity contribution < 1.29 is 9.59 Å². The molecule has 0 atom stereocenters. The standard InChI is InChI=1S/C11H14N2O2/c1-3-13(4-2)11(15)10-7-12-6-5-9(10)8-14/h5-8H,3-4H2,1-2H3. The van der Waals surface area contributed by atoms with Crippen LogP contribution < -0.4 is 0 Å². The van der Waals surface area contributed by atoms with Gasteiger partial charge in [-0.2, -0.15) is 0 Å². The highest BCUT2D eigenvalue weighted by atomic mass is 16.2. The van der Waals surface area contributed by atoms with Crippen LogP contribution in [-0.2, 0) is 0 Å². The van der Waals surface area contributed by atoms with Gasteiger partial charge in [-0.25, -0.2) is 0 Å². The Kier molecular flexibility index (Phi) is 3.97. The Bertz CT molecular complexity index is 359. The van der Waals surface area contributed by atoms with Crippen LogP contribution >= 0.6 is 0 Å². The smallest absolute Gasteiger partial charge is 0.256 e. The van der Waals surface area contributed by atoms with E-state index in [2.05, 4.69) is 4.98 Å². The van der Waals surface area contributed by atoms with E-state index in [1.54, 1.807) is 11.0 Å². The van der Waals surface area contributed by atoms with E-state index in [0.29, 0.717) is 30.5 Å². The summed E-state index contributed by atoms with van der Waals surface area (Å²) in [5.41, 5.74) is 0.762. The molecule has 0 spiro atoms. The summed E-state index contributed by atoms with van der Waals surface area (Å²) in [6.07, 6.45) is 3.62. The van der Waals surface area contributed by atoms with Crippen molar-refractivity contribution in [3.63, 3.8) is 0 Å². The van der Waals surface area contributed by atoms with Crippen LogP contribution in [0.4, 0.5) is 0 Å². The SMILES string of the molecule is CCN(CC)C(=O)c1cnccc1C=O. The molecule has 0 aliphatic heterocycles. The molecule has 0 fully saturated rings. The van der Waals surface area contributed by atoms with Gasteiger partial charge in [-0.05, 0) is 19.9 Å². The molecule has 1 rings (SSSR count). The van der Waals surface area contributed by atoms with Crippen molar-refractivity contribution in [2.75, 3.05) is 13.1 Å². The lowest BCUT2D eigenvalue weighted by Gasteiger charge is -2.18. The van der Waals surface area contributed by atoms with Gasteiger partial charge < -0.3 is 4.90 Å². The minimum atomic E-state index is -0.143. The fourth-order valence-corrected chi connectivity index (χ4v) is 1.37. The summed E-state index contributed by atoms with van der Waals surface area (Å²) in [5.74, 6) is -0.143. The Morgan fingerprint density at radius 3 is 2.67 bits per heavy atom. The first-order valence-electron chi connectivity index (χ1n) is 4.93. The lowest BCUT2D eigenvalue weighted by Crippen LogP contribution is -2.31. The van der Waals surface area contributed by atoms with Crippen molar-refractivity contribution in [1.82, 2.24) is 9.88 Å². The van der Waals surface area contributed by atoms with Crippen LogP contribution in [0.2, 0.25) is 0 Å². The van der Waals surface area contributed by atoms with Crippen molar-refractivity contribution in [2.24, 2.45) is 0 Å². The molecule has 0 N–H and O–H groups in total. The van der Waals surface area contributed by atoms with Crippen molar-refractivity contribution in [2.45, 2.75) is 13.8 Å². The lowest BCUT2D eigenvalue weighted by atomic mass is 10.1. The highest BCUT2D eigenvalue weighted by molar-refractivity contribution is 6.01. The molecule has 0 aromatic carbocycles. The lowest BCUT2D eigenvalue weighted by molar-refractivity contribution is 0.0769. The number of amides is 1. The van der Waals surface area contributed by atoms with Crippen LogP contribution in [0.25, 0.3) is 0 Å². The maximum absolute atomic E-state index is 11.9. The summed E-state index contributed by atoms with van der Waals surface area (Å²) < 4.78 is 0. The second kappa shape index (κ2) is 5.24. The molecule has 1 amide bonds. The van der Waals surface area contributed by atoms with Gasteiger partial charge in [0.2, 0.25) is 0 Å². The van der Waals surface area contributed by atoms with E-state index < -0.39 is 0 Å². The van der Waals surface area contributed by atoms with Crippen LogP contribution in [0.5, 0.6) is 0 Å². The fourth-order valence-electron chi connectivity index (χ4n) is 1.37. The first-order chi connectivity index (χ1) is 7.24. The summed E-state index contributed by atoms with van der Waals surface area (Å²) in [7, 11) is 0. The van der Waals surface area contributed by atoms with Gasteiger partial charge in [-0.15, -0.1) is 0 Å². The predicted octanol–water partition coefficient (Wildman–Crippen LogP) is 1.38. The molecule has 0 radical (unpaired) electrons. The first kappa shape index (κ1) is 11.4. The van der Waals surface area contributed by atoms with Gasteiger partial charge in [0.1, 0.15) is 0 Å². The Hall–Kier alpha value is -1.71. The van der Waals surface area contributed by atoms with E-state index in [1.807, 2.05) is 13.8 Å². The number of carbonyl (C=O) groups is 2. The highest BCUT2D eigenvalue weighted by Gasteiger charge is 2.15. The summed E-state index contributed by atoms with van der Waals surface area (Å²) in [6.45, 7) is 5.06. The van der Waals surface area contributed by atoms with E-state index in [4.69, 9.17) is 0 Å². The molecule has 0 unspecified atom stereocenters. The van der Waals surface area contributed by atoms with Crippen LogP contribution in [0.3, 0.4) is 0 Å². The number of carbonyl (C=O) groups excluding carboxylic acids is 2. The predicted molar refractivity (Wildman–Crippen MR) is 56.9 cm³/mol. The van der Waals surface area contributed by atoms with Crippen molar-refractivity contribution in [3.05, 3.63) is 29.6 Å². The number of rotatable bonds is 4. The molecule has 0 aliphatic carbocycles. The Labute approximate surface area is 88.9 Å². The van der Waals surface area contributed by atoms with Crippen molar-refractivity contribution in [3.8, 4) is 0 Å². The highest BCUT2D eigenvalue weighted by Crippen LogP contribution is 2.08. The molecule has 15 heavy (non-hydrogen) atoms. The second-order valence-corrected chi connectivity index (χ2v) is 3.06. The monoisotopic (exact) mass is 206 g/mol. The van der Waals surface area contributed by atoms with Gasteiger partial charge in [0.15, 0.2) is 6.29 Å². The molecule has 1 heterocycles. The van der Waals surface area contributed by atoms with Crippen molar-refractivity contribution in [1.29, 1.82) is 0 Å². The van der Waals surface area contributed by atoms with Crippen LogP contribution in [0, 0.1) is 0 Å². The first-order valence-corrected chi connectivity index (χ1v) is 4.93. The average Bonchev–Trinajstić information content (AvgIpc) is 2.30.